The molecule has 0 atom stereocenters. The Balaban J connectivity index is 1.30. The second-order valence-electron chi connectivity index (χ2n) is 11.1. The zero-order valence-electron chi connectivity index (χ0n) is 24.7. The molecule has 0 bridgehead atoms. The first-order chi connectivity index (χ1) is 21.5. The normalized spacial score (nSPS) is 16.0. The molecule has 13 heteroatoms. The minimum absolute atomic E-state index is 0.000279. The number of aromatic amines is 1. The van der Waals surface area contributed by atoms with Gasteiger partial charge in [-0.25, -0.2) is 4.98 Å². The summed E-state index contributed by atoms with van der Waals surface area (Å²) in [6.07, 6.45) is 1.47. The van der Waals surface area contributed by atoms with Gasteiger partial charge in [0.15, 0.2) is 0 Å². The number of likely N-dealkylation sites (N-methyl/N-ethyl adjacent to an activating group) is 1. The van der Waals surface area contributed by atoms with Crippen LogP contribution in [0.1, 0.15) is 58.2 Å². The molecule has 2 heterocycles. The molecule has 1 aliphatic carbocycles. The van der Waals surface area contributed by atoms with E-state index in [0.717, 1.165) is 57.7 Å². The molecule has 5 rings (SSSR count). The van der Waals surface area contributed by atoms with Gasteiger partial charge in [-0.2, -0.15) is 18.4 Å². The minimum Gasteiger partial charge on any atom is -0.325 e. The van der Waals surface area contributed by atoms with Gasteiger partial charge in [-0.05, 0) is 73.5 Å². The summed E-state index contributed by atoms with van der Waals surface area (Å²) >= 11 is 0. The van der Waals surface area contributed by atoms with Crippen molar-refractivity contribution in [3.05, 3.63) is 82.3 Å². The lowest BCUT2D eigenvalue weighted by atomic mass is 9.99. The Morgan fingerprint density at radius 1 is 1.11 bits per heavy atom. The van der Waals surface area contributed by atoms with Gasteiger partial charge in [0.1, 0.15) is 11.6 Å². The average molecular weight is 619 g/mol. The number of carbonyl (C=O) groups is 2. The van der Waals surface area contributed by atoms with Crippen molar-refractivity contribution in [2.75, 3.05) is 43.4 Å². The summed E-state index contributed by atoms with van der Waals surface area (Å²) in [5, 5.41) is 23.4. The third-order valence-electron chi connectivity index (χ3n) is 7.80. The van der Waals surface area contributed by atoms with E-state index in [1.54, 1.807) is 6.07 Å². The number of piperazine rings is 1. The number of imidazole rings is 1. The predicted octanol–water partition coefficient (Wildman–Crippen LogP) is 5.12. The SMILES string of the molecule is CCN1CCN(Cc2cc(NC(=O)c3ccc(C#N)c(C(=N)/C=C\c4ncc(NC(=O)C5CC5)[nH]4)c3)cc(C(F)(F)F)c2)CC1. The van der Waals surface area contributed by atoms with Gasteiger partial charge < -0.3 is 25.9 Å². The molecule has 1 saturated heterocycles. The van der Waals surface area contributed by atoms with Crippen LogP contribution in [0.5, 0.6) is 0 Å². The molecule has 4 N–H and O–H groups in total. The van der Waals surface area contributed by atoms with Crippen molar-refractivity contribution in [1.29, 1.82) is 10.7 Å². The van der Waals surface area contributed by atoms with Crippen LogP contribution in [0, 0.1) is 22.7 Å². The number of alkyl halides is 3. The first-order valence-corrected chi connectivity index (χ1v) is 14.7. The number of aromatic nitrogens is 2. The van der Waals surface area contributed by atoms with Crippen LogP contribution in [-0.4, -0.2) is 70.0 Å². The van der Waals surface area contributed by atoms with Crippen molar-refractivity contribution in [3.8, 4) is 6.07 Å². The van der Waals surface area contributed by atoms with E-state index in [-0.39, 0.29) is 39.9 Å². The Morgan fingerprint density at radius 3 is 2.51 bits per heavy atom. The Hall–Kier alpha value is -4.80. The number of hydrogen-bond acceptors (Lipinski definition) is 7. The number of amides is 2. The fraction of sp³-hybridized carbons (Fsp3) is 0.344. The summed E-state index contributed by atoms with van der Waals surface area (Å²) in [5.41, 5.74) is -0.145. The van der Waals surface area contributed by atoms with Crippen molar-refractivity contribution in [3.63, 3.8) is 0 Å². The molecule has 2 amide bonds. The number of anilines is 2. The second-order valence-corrected chi connectivity index (χ2v) is 11.1. The van der Waals surface area contributed by atoms with Gasteiger partial charge in [0.25, 0.3) is 5.91 Å². The summed E-state index contributed by atoms with van der Waals surface area (Å²) in [7, 11) is 0. The fourth-order valence-corrected chi connectivity index (χ4v) is 5.07. The zero-order chi connectivity index (χ0) is 32.1. The van der Waals surface area contributed by atoms with Crippen LogP contribution in [0.15, 0.2) is 48.7 Å². The van der Waals surface area contributed by atoms with E-state index < -0.39 is 17.6 Å². The summed E-state index contributed by atoms with van der Waals surface area (Å²) in [6.45, 7) is 6.46. The third-order valence-corrected chi connectivity index (χ3v) is 7.80. The van der Waals surface area contributed by atoms with Crippen molar-refractivity contribution < 1.29 is 22.8 Å². The van der Waals surface area contributed by atoms with Crippen molar-refractivity contribution in [2.24, 2.45) is 5.92 Å². The lowest BCUT2D eigenvalue weighted by molar-refractivity contribution is -0.137. The van der Waals surface area contributed by atoms with Crippen molar-refractivity contribution >= 4 is 35.1 Å². The molecule has 1 saturated carbocycles. The smallest absolute Gasteiger partial charge is 0.325 e. The largest absolute Gasteiger partial charge is 0.416 e. The van der Waals surface area contributed by atoms with E-state index in [0.29, 0.717) is 23.8 Å². The lowest BCUT2D eigenvalue weighted by Crippen LogP contribution is -2.45. The standard InChI is InChI=1S/C32H33F3N8O2/c1-2-42-9-11-43(12-10-42)19-20-13-24(32(33,34)35)16-25(14-20)39-31(45)22-5-6-23(17-36)26(15-22)27(37)7-8-28-38-18-29(40-28)41-30(44)21-3-4-21/h5-8,13-16,18,21,37H,2-4,9-12,19H2,1H3,(H,38,40)(H,39,45)(H,41,44)/b8-7-,37-27?. The van der Waals surface area contributed by atoms with Gasteiger partial charge in [0.2, 0.25) is 5.91 Å². The first-order valence-electron chi connectivity index (χ1n) is 14.7. The molecule has 45 heavy (non-hydrogen) atoms. The number of H-pyrrole nitrogens is 1. The number of hydrogen-bond donors (Lipinski definition) is 4. The van der Waals surface area contributed by atoms with Crippen LogP contribution in [0.2, 0.25) is 0 Å². The van der Waals surface area contributed by atoms with Crippen LogP contribution in [-0.2, 0) is 17.5 Å². The van der Waals surface area contributed by atoms with Crippen LogP contribution < -0.4 is 10.6 Å². The van der Waals surface area contributed by atoms with Crippen LogP contribution in [0.4, 0.5) is 24.7 Å². The Kier molecular flexibility index (Phi) is 9.45. The molecule has 3 aromatic rings. The maximum Gasteiger partial charge on any atom is 0.416 e. The molecule has 1 aromatic heterocycles. The van der Waals surface area contributed by atoms with Gasteiger partial charge >= 0.3 is 6.18 Å². The summed E-state index contributed by atoms with van der Waals surface area (Å²) < 4.78 is 41.3. The molecule has 0 radical (unpaired) electrons. The molecule has 0 spiro atoms. The Labute approximate surface area is 258 Å². The lowest BCUT2D eigenvalue weighted by Gasteiger charge is -2.34. The van der Waals surface area contributed by atoms with Gasteiger partial charge in [-0.1, -0.05) is 6.92 Å². The van der Waals surface area contributed by atoms with E-state index in [4.69, 9.17) is 5.41 Å². The van der Waals surface area contributed by atoms with E-state index >= 15 is 0 Å². The Bertz CT molecular complexity index is 1660. The number of nitrogens with one attached hydrogen (secondary N) is 4. The topological polar surface area (TPSA) is 141 Å². The average Bonchev–Trinajstić information content (AvgIpc) is 3.79. The maximum atomic E-state index is 13.8. The summed E-state index contributed by atoms with van der Waals surface area (Å²) in [4.78, 5) is 36.6. The predicted molar refractivity (Wildman–Crippen MR) is 164 cm³/mol. The summed E-state index contributed by atoms with van der Waals surface area (Å²) in [5.74, 6) is 0.0536. The molecule has 2 aromatic carbocycles. The van der Waals surface area contributed by atoms with Crippen molar-refractivity contribution in [2.45, 2.75) is 32.5 Å². The summed E-state index contributed by atoms with van der Waals surface area (Å²) in [6, 6.07) is 9.68. The fourth-order valence-electron chi connectivity index (χ4n) is 5.07. The molecule has 2 fully saturated rings. The van der Waals surface area contributed by atoms with Crippen LogP contribution in [0.3, 0.4) is 0 Å². The van der Waals surface area contributed by atoms with Crippen LogP contribution in [0.25, 0.3) is 6.08 Å². The van der Waals surface area contributed by atoms with Gasteiger partial charge in [-0.3, -0.25) is 14.5 Å². The molecule has 1 aliphatic heterocycles. The highest BCUT2D eigenvalue weighted by atomic mass is 19.4. The number of allylic oxidation sites excluding steroid dienone is 1. The van der Waals surface area contributed by atoms with E-state index in [2.05, 4.69) is 37.3 Å². The molecular formula is C32H33F3N8O2. The number of rotatable bonds is 10. The molecule has 234 valence electrons. The Morgan fingerprint density at radius 2 is 1.84 bits per heavy atom. The number of carbonyl (C=O) groups excluding carboxylic acids is 2. The van der Waals surface area contributed by atoms with E-state index in [9.17, 15) is 28.0 Å². The van der Waals surface area contributed by atoms with Gasteiger partial charge in [-0.15, -0.1) is 0 Å². The zero-order valence-corrected chi connectivity index (χ0v) is 24.7. The molecule has 10 nitrogen and oxygen atoms in total. The monoisotopic (exact) mass is 618 g/mol. The highest BCUT2D eigenvalue weighted by Crippen LogP contribution is 2.33. The molecular weight excluding hydrogens is 585 g/mol. The van der Waals surface area contributed by atoms with Gasteiger partial charge in [0, 0.05) is 55.5 Å². The quantitative estimate of drug-likeness (QED) is 0.233. The van der Waals surface area contributed by atoms with Gasteiger partial charge in [0.05, 0.1) is 29.1 Å². The third kappa shape index (κ3) is 8.23. The maximum absolute atomic E-state index is 13.8. The van der Waals surface area contributed by atoms with Crippen molar-refractivity contribution in [1.82, 2.24) is 19.8 Å². The number of halogens is 3. The highest BCUT2D eigenvalue weighted by molar-refractivity contribution is 6.12. The molecule has 0 unspecified atom stereocenters. The highest BCUT2D eigenvalue weighted by Gasteiger charge is 2.32. The second kappa shape index (κ2) is 13.5. The number of nitriles is 1. The number of benzene rings is 2. The van der Waals surface area contributed by atoms with E-state index in [1.165, 1.54) is 36.5 Å². The minimum atomic E-state index is -4.60. The van der Waals surface area contributed by atoms with E-state index in [1.807, 2.05) is 6.07 Å². The van der Waals surface area contributed by atoms with Crippen LogP contribution >= 0.6 is 0 Å². The number of nitrogens with zero attached hydrogens (tertiary/aromatic N) is 4. The molecule has 2 aliphatic rings. The first kappa shape index (κ1) is 31.6.